The summed E-state index contributed by atoms with van der Waals surface area (Å²) < 4.78 is 3.69. The Labute approximate surface area is 161 Å². The maximum atomic E-state index is 12.1. The zero-order valence-electron chi connectivity index (χ0n) is 12.4. The molecule has 7 heteroatoms. The van der Waals surface area contributed by atoms with Gasteiger partial charge in [-0.15, -0.1) is 0 Å². The van der Waals surface area contributed by atoms with Crippen LogP contribution in [0.5, 0.6) is 0 Å². The van der Waals surface area contributed by atoms with Crippen LogP contribution < -0.4 is 17.9 Å². The fourth-order valence-electron chi connectivity index (χ4n) is 1.93. The van der Waals surface area contributed by atoms with E-state index in [1.807, 2.05) is 36.4 Å². The van der Waals surface area contributed by atoms with Crippen molar-refractivity contribution >= 4 is 71.8 Å². The van der Waals surface area contributed by atoms with Gasteiger partial charge in [-0.3, -0.25) is 0 Å². The van der Waals surface area contributed by atoms with Crippen LogP contribution in [0.15, 0.2) is 45.3 Å². The average molecular weight is 554 g/mol. The first-order chi connectivity index (χ1) is 11.0. The van der Waals surface area contributed by atoms with Crippen molar-refractivity contribution < 1.29 is 9.59 Å². The zero-order chi connectivity index (χ0) is 17.0. The van der Waals surface area contributed by atoms with Gasteiger partial charge in [-0.25, -0.2) is 0 Å². The molecule has 2 aromatic rings. The van der Waals surface area contributed by atoms with E-state index in [9.17, 15) is 9.59 Å². The second-order valence-electron chi connectivity index (χ2n) is 4.54. The number of carbonyl (C=O) groups is 2. The predicted molar refractivity (Wildman–Crippen MR) is 100 cm³/mol. The Morgan fingerprint density at radius 2 is 1.22 bits per heavy atom. The monoisotopic (exact) mass is 554 g/mol. The fourth-order valence-corrected chi connectivity index (χ4v) is 5.59. The normalized spacial score (nSPS) is 10.3. The van der Waals surface area contributed by atoms with E-state index in [1.54, 1.807) is 14.1 Å². The van der Waals surface area contributed by atoms with E-state index in [0.717, 1.165) is 16.2 Å². The molecule has 0 aliphatic carbocycles. The van der Waals surface area contributed by atoms with Gasteiger partial charge in [0.25, 0.3) is 0 Å². The number of hydrogen-bond donors (Lipinski definition) is 2. The van der Waals surface area contributed by atoms with Crippen molar-refractivity contribution in [3.63, 3.8) is 0 Å². The molecule has 4 nitrogen and oxygen atoms in total. The summed E-state index contributed by atoms with van der Waals surface area (Å²) in [7, 11) is 3.23. The number of carbonyl (C=O) groups excluding carboxylic acids is 2. The van der Waals surface area contributed by atoms with Gasteiger partial charge in [-0.2, -0.15) is 0 Å². The van der Waals surface area contributed by atoms with Gasteiger partial charge in [0, 0.05) is 0 Å². The third-order valence-electron chi connectivity index (χ3n) is 3.05. The van der Waals surface area contributed by atoms with Crippen molar-refractivity contribution in [1.29, 1.82) is 0 Å². The van der Waals surface area contributed by atoms with Crippen LogP contribution in [0, 0.1) is 0 Å². The van der Waals surface area contributed by atoms with E-state index in [2.05, 4.69) is 42.5 Å². The summed E-state index contributed by atoms with van der Waals surface area (Å²) in [6.45, 7) is 0. The number of hydrogen-bond acceptors (Lipinski definition) is 2. The van der Waals surface area contributed by atoms with Gasteiger partial charge in [0.1, 0.15) is 0 Å². The summed E-state index contributed by atoms with van der Waals surface area (Å²) in [6.07, 6.45) is 0. The van der Waals surface area contributed by atoms with Gasteiger partial charge in [-0.1, -0.05) is 0 Å². The van der Waals surface area contributed by atoms with Crippen molar-refractivity contribution in [2.45, 2.75) is 0 Å². The summed E-state index contributed by atoms with van der Waals surface area (Å²) in [5.74, 6) is -0.241. The summed E-state index contributed by atoms with van der Waals surface area (Å²) in [4.78, 5) is 24.2. The molecule has 0 spiro atoms. The Kier molecular flexibility index (Phi) is 6.66. The van der Waals surface area contributed by atoms with Gasteiger partial charge in [0.15, 0.2) is 0 Å². The van der Waals surface area contributed by atoms with E-state index >= 15 is 0 Å². The van der Waals surface area contributed by atoms with E-state index < -0.39 is 20.9 Å². The maximum absolute atomic E-state index is 12.1. The topological polar surface area (TPSA) is 58.2 Å². The minimum absolute atomic E-state index is 0.120. The fraction of sp³-hybridized carbons (Fsp3) is 0.125. The molecule has 0 heterocycles. The molecule has 0 fully saturated rings. The van der Waals surface area contributed by atoms with Crippen molar-refractivity contribution in [3.05, 3.63) is 56.5 Å². The molecule has 0 aliphatic rings. The van der Waals surface area contributed by atoms with E-state index in [1.165, 1.54) is 0 Å². The molecule has 0 atom stereocenters. The molecule has 0 aromatic heterocycles. The molecule has 2 N–H and O–H groups in total. The van der Waals surface area contributed by atoms with E-state index in [-0.39, 0.29) is 11.8 Å². The first kappa shape index (κ1) is 18.5. The van der Waals surface area contributed by atoms with E-state index in [0.29, 0.717) is 11.1 Å². The molecule has 2 rings (SSSR count). The quantitative estimate of drug-likeness (QED) is 0.566. The zero-order valence-corrected chi connectivity index (χ0v) is 17.9. The number of benzene rings is 2. The predicted octanol–water partition coefficient (Wildman–Crippen LogP) is 1.59. The molecule has 120 valence electrons. The molecule has 0 saturated carbocycles. The van der Waals surface area contributed by atoms with Crippen LogP contribution in [-0.4, -0.2) is 46.8 Å². The van der Waals surface area contributed by atoms with Gasteiger partial charge in [0.05, 0.1) is 0 Å². The third-order valence-corrected chi connectivity index (χ3v) is 7.32. The SMILES string of the molecule is CNC(=O)c1cc(Br)ccc1[Te]c1ccc(Br)cc1C(=O)NC. The number of amides is 2. The van der Waals surface area contributed by atoms with Gasteiger partial charge in [0.2, 0.25) is 0 Å². The summed E-state index contributed by atoms with van der Waals surface area (Å²) in [6, 6.07) is 11.4. The summed E-state index contributed by atoms with van der Waals surface area (Å²) >= 11 is 5.91. The standard InChI is InChI=1S/C16H14Br2N2O2Te/c1-19-15(21)11-7-9(17)3-5-13(11)23-14-6-4-10(18)8-12(14)16(22)20-2/h3-8H,1-2H3,(H,19,21)(H,20,22). The second kappa shape index (κ2) is 8.29. The molecule has 2 amide bonds. The second-order valence-corrected chi connectivity index (χ2v) is 9.47. The minimum atomic E-state index is -0.897. The first-order valence-corrected chi connectivity index (χ1v) is 10.6. The van der Waals surface area contributed by atoms with Gasteiger partial charge < -0.3 is 0 Å². The van der Waals surface area contributed by atoms with Crippen LogP contribution in [0.4, 0.5) is 0 Å². The Morgan fingerprint density at radius 1 is 0.826 bits per heavy atom. The Hall–Kier alpha value is -0.870. The Bertz CT molecular complexity index is 702. The molecule has 0 bridgehead atoms. The summed E-state index contributed by atoms with van der Waals surface area (Å²) in [5.41, 5.74) is 1.30. The molecular weight excluding hydrogens is 540 g/mol. The molecule has 0 unspecified atom stereocenters. The Balaban J connectivity index is 2.48. The van der Waals surface area contributed by atoms with E-state index in [4.69, 9.17) is 0 Å². The van der Waals surface area contributed by atoms with Crippen molar-refractivity contribution in [2.75, 3.05) is 14.1 Å². The molecule has 0 aliphatic heterocycles. The van der Waals surface area contributed by atoms with Gasteiger partial charge >= 0.3 is 163 Å². The van der Waals surface area contributed by atoms with Crippen molar-refractivity contribution in [1.82, 2.24) is 10.6 Å². The van der Waals surface area contributed by atoms with Crippen LogP contribution in [-0.2, 0) is 0 Å². The third kappa shape index (κ3) is 4.57. The van der Waals surface area contributed by atoms with Crippen molar-refractivity contribution in [2.24, 2.45) is 0 Å². The van der Waals surface area contributed by atoms with Crippen molar-refractivity contribution in [3.8, 4) is 0 Å². The van der Waals surface area contributed by atoms with Crippen LogP contribution >= 0.6 is 31.9 Å². The molecule has 0 saturated heterocycles. The average Bonchev–Trinajstić information content (AvgIpc) is 2.56. The first-order valence-electron chi connectivity index (χ1n) is 6.67. The number of halogens is 2. The number of nitrogens with one attached hydrogen (secondary N) is 2. The molecule has 23 heavy (non-hydrogen) atoms. The van der Waals surface area contributed by atoms with Crippen LogP contribution in [0.2, 0.25) is 0 Å². The number of rotatable bonds is 4. The van der Waals surface area contributed by atoms with Crippen LogP contribution in [0.3, 0.4) is 0 Å². The summed E-state index contributed by atoms with van der Waals surface area (Å²) in [5, 5.41) is 5.33. The van der Waals surface area contributed by atoms with Crippen LogP contribution in [0.1, 0.15) is 20.7 Å². The Morgan fingerprint density at radius 3 is 1.57 bits per heavy atom. The van der Waals surface area contributed by atoms with Gasteiger partial charge in [-0.05, 0) is 0 Å². The molecule has 0 radical (unpaired) electrons. The van der Waals surface area contributed by atoms with Crippen LogP contribution in [0.25, 0.3) is 0 Å². The molecular formula is C16H14Br2N2O2Te. The molecule has 2 aromatic carbocycles.